The molecule has 1 aliphatic heterocycles. The lowest BCUT2D eigenvalue weighted by atomic mass is 10.2. The third-order valence-corrected chi connectivity index (χ3v) is 3.44. The molecule has 1 saturated heterocycles. The lowest BCUT2D eigenvalue weighted by molar-refractivity contribution is 0.130. The van der Waals surface area contributed by atoms with Gasteiger partial charge in [-0.15, -0.1) is 12.4 Å². The molecule has 2 N–H and O–H groups in total. The van der Waals surface area contributed by atoms with Crippen molar-refractivity contribution in [3.8, 4) is 0 Å². The first-order chi connectivity index (χ1) is 8.28. The third-order valence-electron chi connectivity index (χ3n) is 3.21. The van der Waals surface area contributed by atoms with Crippen LogP contribution in [0.25, 0.3) is 0 Å². The fourth-order valence-corrected chi connectivity index (χ4v) is 2.46. The average molecular weight is 290 g/mol. The Labute approximate surface area is 120 Å². The summed E-state index contributed by atoms with van der Waals surface area (Å²) in [6.07, 6.45) is 0. The number of benzene rings is 1. The van der Waals surface area contributed by atoms with Crippen molar-refractivity contribution in [1.29, 1.82) is 0 Å². The standard InChI is InChI=1S/C13H20ClN3.ClH/c14-13-3-1-2-12(10-13)11-17-8-6-16(5-4-15)7-9-17;/h1-3,10H,4-9,11,15H2;1H. The lowest BCUT2D eigenvalue weighted by Gasteiger charge is -2.34. The Kier molecular flexibility index (Phi) is 6.97. The van der Waals surface area contributed by atoms with Crippen LogP contribution in [-0.2, 0) is 6.54 Å². The highest BCUT2D eigenvalue weighted by Gasteiger charge is 2.15. The summed E-state index contributed by atoms with van der Waals surface area (Å²) in [5.74, 6) is 0. The molecule has 1 aliphatic rings. The van der Waals surface area contributed by atoms with Crippen LogP contribution < -0.4 is 5.73 Å². The normalized spacial score (nSPS) is 17.4. The van der Waals surface area contributed by atoms with Crippen LogP contribution in [0.4, 0.5) is 0 Å². The van der Waals surface area contributed by atoms with E-state index in [1.165, 1.54) is 5.56 Å². The molecule has 0 aliphatic carbocycles. The van der Waals surface area contributed by atoms with E-state index in [4.69, 9.17) is 17.3 Å². The summed E-state index contributed by atoms with van der Waals surface area (Å²) in [5.41, 5.74) is 6.86. The van der Waals surface area contributed by atoms with Gasteiger partial charge in [-0.3, -0.25) is 9.80 Å². The van der Waals surface area contributed by atoms with E-state index in [0.717, 1.165) is 50.8 Å². The Morgan fingerprint density at radius 3 is 2.39 bits per heavy atom. The quantitative estimate of drug-likeness (QED) is 0.918. The van der Waals surface area contributed by atoms with E-state index in [1.54, 1.807) is 0 Å². The van der Waals surface area contributed by atoms with Crippen LogP contribution in [-0.4, -0.2) is 49.1 Å². The van der Waals surface area contributed by atoms with Gasteiger partial charge in [-0.25, -0.2) is 0 Å². The summed E-state index contributed by atoms with van der Waals surface area (Å²) >= 11 is 5.99. The molecule has 18 heavy (non-hydrogen) atoms. The SMILES string of the molecule is Cl.NCCN1CCN(Cc2cccc(Cl)c2)CC1. The van der Waals surface area contributed by atoms with E-state index in [9.17, 15) is 0 Å². The fraction of sp³-hybridized carbons (Fsp3) is 0.538. The molecule has 0 aromatic heterocycles. The van der Waals surface area contributed by atoms with Crippen molar-refractivity contribution in [2.45, 2.75) is 6.54 Å². The van der Waals surface area contributed by atoms with E-state index < -0.39 is 0 Å². The largest absolute Gasteiger partial charge is 0.329 e. The summed E-state index contributed by atoms with van der Waals surface area (Å²) < 4.78 is 0. The van der Waals surface area contributed by atoms with Crippen LogP contribution in [0.15, 0.2) is 24.3 Å². The predicted octanol–water partition coefficient (Wildman–Crippen LogP) is 1.84. The van der Waals surface area contributed by atoms with Gasteiger partial charge in [0.2, 0.25) is 0 Å². The molecule has 0 atom stereocenters. The van der Waals surface area contributed by atoms with Gasteiger partial charge in [-0.2, -0.15) is 0 Å². The van der Waals surface area contributed by atoms with E-state index in [-0.39, 0.29) is 12.4 Å². The van der Waals surface area contributed by atoms with Gasteiger partial charge in [0.15, 0.2) is 0 Å². The zero-order valence-corrected chi connectivity index (χ0v) is 12.1. The summed E-state index contributed by atoms with van der Waals surface area (Å²) in [5, 5.41) is 0.823. The van der Waals surface area contributed by atoms with Crippen molar-refractivity contribution in [2.75, 3.05) is 39.3 Å². The van der Waals surface area contributed by atoms with Crippen molar-refractivity contribution < 1.29 is 0 Å². The fourth-order valence-electron chi connectivity index (χ4n) is 2.25. The first kappa shape index (κ1) is 15.7. The highest BCUT2D eigenvalue weighted by atomic mass is 35.5. The smallest absolute Gasteiger partial charge is 0.0409 e. The summed E-state index contributed by atoms with van der Waals surface area (Å²) in [6, 6.07) is 8.12. The number of nitrogens with two attached hydrogens (primary N) is 1. The second-order valence-corrected chi connectivity index (χ2v) is 4.97. The minimum absolute atomic E-state index is 0. The van der Waals surface area contributed by atoms with Gasteiger partial charge in [0, 0.05) is 50.8 Å². The van der Waals surface area contributed by atoms with Crippen molar-refractivity contribution in [2.24, 2.45) is 5.73 Å². The van der Waals surface area contributed by atoms with Crippen molar-refractivity contribution in [3.63, 3.8) is 0 Å². The molecule has 102 valence electrons. The summed E-state index contributed by atoms with van der Waals surface area (Å²) in [4.78, 5) is 4.90. The van der Waals surface area contributed by atoms with Crippen LogP contribution in [0.2, 0.25) is 5.02 Å². The first-order valence-electron chi connectivity index (χ1n) is 6.17. The van der Waals surface area contributed by atoms with Gasteiger partial charge >= 0.3 is 0 Å². The monoisotopic (exact) mass is 289 g/mol. The molecular formula is C13H21Cl2N3. The maximum absolute atomic E-state index is 5.99. The number of hydrogen-bond donors (Lipinski definition) is 1. The third kappa shape index (κ3) is 4.75. The molecule has 1 heterocycles. The molecule has 1 aromatic carbocycles. The topological polar surface area (TPSA) is 32.5 Å². The second-order valence-electron chi connectivity index (χ2n) is 4.54. The molecule has 1 aromatic rings. The Morgan fingerprint density at radius 2 is 1.78 bits per heavy atom. The molecule has 0 saturated carbocycles. The zero-order chi connectivity index (χ0) is 12.1. The average Bonchev–Trinajstić information content (AvgIpc) is 2.32. The maximum Gasteiger partial charge on any atom is 0.0409 e. The molecule has 1 fully saturated rings. The number of piperazine rings is 1. The molecular weight excluding hydrogens is 269 g/mol. The predicted molar refractivity (Wildman–Crippen MR) is 79.5 cm³/mol. The van der Waals surface area contributed by atoms with Gasteiger partial charge in [-0.05, 0) is 17.7 Å². The Balaban J connectivity index is 0.00000162. The van der Waals surface area contributed by atoms with Crippen LogP contribution >= 0.6 is 24.0 Å². The minimum atomic E-state index is 0. The number of rotatable bonds is 4. The van der Waals surface area contributed by atoms with Crippen LogP contribution in [0, 0.1) is 0 Å². The van der Waals surface area contributed by atoms with Gasteiger partial charge in [0.05, 0.1) is 0 Å². The van der Waals surface area contributed by atoms with Gasteiger partial charge < -0.3 is 5.73 Å². The molecule has 0 radical (unpaired) electrons. The highest BCUT2D eigenvalue weighted by Crippen LogP contribution is 2.13. The highest BCUT2D eigenvalue weighted by molar-refractivity contribution is 6.30. The molecule has 0 unspecified atom stereocenters. The summed E-state index contributed by atoms with van der Waals surface area (Å²) in [6.45, 7) is 7.25. The number of halogens is 2. The van der Waals surface area contributed by atoms with Gasteiger partial charge in [0.1, 0.15) is 0 Å². The Hall–Kier alpha value is -0.320. The van der Waals surface area contributed by atoms with Crippen molar-refractivity contribution in [1.82, 2.24) is 9.80 Å². The van der Waals surface area contributed by atoms with Crippen molar-refractivity contribution in [3.05, 3.63) is 34.9 Å². The molecule has 2 rings (SSSR count). The Morgan fingerprint density at radius 1 is 1.11 bits per heavy atom. The Bertz CT molecular complexity index is 352. The molecule has 5 heteroatoms. The van der Waals surface area contributed by atoms with Crippen molar-refractivity contribution >= 4 is 24.0 Å². The first-order valence-corrected chi connectivity index (χ1v) is 6.55. The molecule has 0 spiro atoms. The van der Waals surface area contributed by atoms with Crippen LogP contribution in [0.5, 0.6) is 0 Å². The van der Waals surface area contributed by atoms with E-state index in [0.29, 0.717) is 0 Å². The van der Waals surface area contributed by atoms with E-state index in [1.807, 2.05) is 18.2 Å². The molecule has 3 nitrogen and oxygen atoms in total. The molecule has 0 bridgehead atoms. The van der Waals surface area contributed by atoms with E-state index in [2.05, 4.69) is 15.9 Å². The minimum Gasteiger partial charge on any atom is -0.329 e. The van der Waals surface area contributed by atoms with Crippen LogP contribution in [0.1, 0.15) is 5.56 Å². The van der Waals surface area contributed by atoms with Crippen LogP contribution in [0.3, 0.4) is 0 Å². The lowest BCUT2D eigenvalue weighted by Crippen LogP contribution is -2.47. The number of hydrogen-bond acceptors (Lipinski definition) is 3. The van der Waals surface area contributed by atoms with Gasteiger partial charge in [-0.1, -0.05) is 23.7 Å². The molecule has 0 amide bonds. The van der Waals surface area contributed by atoms with Gasteiger partial charge in [0.25, 0.3) is 0 Å². The van der Waals surface area contributed by atoms with E-state index >= 15 is 0 Å². The maximum atomic E-state index is 5.99. The zero-order valence-electron chi connectivity index (χ0n) is 10.5. The number of nitrogens with zero attached hydrogens (tertiary/aromatic N) is 2. The second kappa shape index (κ2) is 7.97. The summed E-state index contributed by atoms with van der Waals surface area (Å²) in [7, 11) is 0.